The van der Waals surface area contributed by atoms with Crippen molar-refractivity contribution in [1.82, 2.24) is 14.9 Å². The zero-order valence-corrected chi connectivity index (χ0v) is 18.8. The van der Waals surface area contributed by atoms with Gasteiger partial charge in [-0.15, -0.1) is 0 Å². The van der Waals surface area contributed by atoms with Crippen molar-refractivity contribution in [3.8, 4) is 17.2 Å². The summed E-state index contributed by atoms with van der Waals surface area (Å²) in [5.41, 5.74) is 5.04. The van der Waals surface area contributed by atoms with Gasteiger partial charge in [-0.2, -0.15) is 0 Å². The molecule has 0 radical (unpaired) electrons. The first-order valence-corrected chi connectivity index (χ1v) is 10.9. The third-order valence-electron chi connectivity index (χ3n) is 6.34. The van der Waals surface area contributed by atoms with E-state index in [0.29, 0.717) is 5.89 Å². The van der Waals surface area contributed by atoms with Gasteiger partial charge in [0.05, 0.1) is 18.9 Å². The van der Waals surface area contributed by atoms with Gasteiger partial charge in [-0.05, 0) is 87.5 Å². The Labute approximate surface area is 183 Å². The normalized spacial score (nSPS) is 16.4. The van der Waals surface area contributed by atoms with Crippen molar-refractivity contribution in [3.05, 3.63) is 64.8 Å². The molecule has 31 heavy (non-hydrogen) atoms. The zero-order chi connectivity index (χ0) is 22.0. The Morgan fingerprint density at radius 2 is 1.97 bits per heavy atom. The largest absolute Gasteiger partial charge is 0.496 e. The van der Waals surface area contributed by atoms with Gasteiger partial charge < -0.3 is 14.3 Å². The summed E-state index contributed by atoms with van der Waals surface area (Å²) >= 11 is 0. The molecule has 1 aliphatic rings. The Morgan fingerprint density at radius 3 is 2.65 bits per heavy atom. The van der Waals surface area contributed by atoms with E-state index < -0.39 is 6.10 Å². The number of hydrogen-bond donors (Lipinski definition) is 1. The number of ether oxygens (including phenoxy) is 1. The van der Waals surface area contributed by atoms with Crippen LogP contribution in [0.3, 0.4) is 0 Å². The molecule has 0 bridgehead atoms. The van der Waals surface area contributed by atoms with Gasteiger partial charge in [0.15, 0.2) is 0 Å². The molecule has 0 aliphatic carbocycles. The molecule has 1 atom stereocenters. The Morgan fingerprint density at radius 1 is 1.19 bits per heavy atom. The molecule has 6 heteroatoms. The third kappa shape index (κ3) is 4.65. The van der Waals surface area contributed by atoms with Crippen molar-refractivity contribution in [3.63, 3.8) is 0 Å². The minimum Gasteiger partial charge on any atom is -0.496 e. The molecule has 164 valence electrons. The first-order chi connectivity index (χ1) is 15.0. The number of likely N-dealkylation sites (tertiary alicyclic amines) is 1. The predicted molar refractivity (Wildman–Crippen MR) is 120 cm³/mol. The first-order valence-electron chi connectivity index (χ1n) is 10.9. The minimum atomic E-state index is -0.447. The highest BCUT2D eigenvalue weighted by Gasteiger charge is 2.27. The first kappa shape index (κ1) is 21.5. The summed E-state index contributed by atoms with van der Waals surface area (Å²) in [5, 5.41) is 10.7. The van der Waals surface area contributed by atoms with E-state index in [9.17, 15) is 5.11 Å². The number of rotatable bonds is 6. The van der Waals surface area contributed by atoms with Gasteiger partial charge >= 0.3 is 0 Å². The number of aliphatic hydroxyl groups excluding tert-OH is 1. The van der Waals surface area contributed by atoms with Crippen LogP contribution in [0.2, 0.25) is 0 Å². The molecule has 0 unspecified atom stereocenters. The smallest absolute Gasteiger partial charge is 0.226 e. The van der Waals surface area contributed by atoms with E-state index in [0.717, 1.165) is 71.9 Å². The summed E-state index contributed by atoms with van der Waals surface area (Å²) in [6.45, 7) is 8.70. The highest BCUT2D eigenvalue weighted by atomic mass is 16.5. The standard InChI is InChI=1S/C25H31N3O3/c1-16-13-23(30-4)17(2)12-21(16)25-27-22(18(3)31-25)15-28-10-7-19(8-11-28)24(29)20-6-5-9-26-14-20/h5-6,9,12-14,19,24,29H,7-8,10-11,15H2,1-4H3/t24-/m1/s1. The number of methoxy groups -OCH3 is 1. The summed E-state index contributed by atoms with van der Waals surface area (Å²) in [6.07, 6.45) is 4.97. The second kappa shape index (κ2) is 9.20. The number of aliphatic hydroxyl groups is 1. The Hall–Kier alpha value is -2.70. The molecule has 4 rings (SSSR count). The van der Waals surface area contributed by atoms with Gasteiger partial charge in [0.25, 0.3) is 0 Å². The van der Waals surface area contributed by atoms with E-state index in [2.05, 4.69) is 22.9 Å². The molecule has 6 nitrogen and oxygen atoms in total. The SMILES string of the molecule is COc1cc(C)c(-c2nc(CN3CCC([C@@H](O)c4cccnc4)CC3)c(C)o2)cc1C. The van der Waals surface area contributed by atoms with Crippen LogP contribution in [-0.2, 0) is 6.54 Å². The van der Waals surface area contributed by atoms with E-state index in [1.165, 1.54) is 0 Å². The highest BCUT2D eigenvalue weighted by Crippen LogP contribution is 2.33. The van der Waals surface area contributed by atoms with Crippen LogP contribution in [0.15, 0.2) is 41.1 Å². The molecule has 3 aromatic rings. The second-order valence-corrected chi connectivity index (χ2v) is 8.50. The van der Waals surface area contributed by atoms with Crippen molar-refractivity contribution in [2.75, 3.05) is 20.2 Å². The van der Waals surface area contributed by atoms with E-state index in [1.54, 1.807) is 19.5 Å². The molecule has 1 aromatic carbocycles. The van der Waals surface area contributed by atoms with Crippen LogP contribution in [0.5, 0.6) is 5.75 Å². The summed E-state index contributed by atoms with van der Waals surface area (Å²) in [6, 6.07) is 7.94. The second-order valence-electron chi connectivity index (χ2n) is 8.50. The number of aromatic nitrogens is 2. The number of piperidine rings is 1. The fraction of sp³-hybridized carbons (Fsp3) is 0.440. The molecule has 0 saturated carbocycles. The number of oxazole rings is 1. The molecule has 0 spiro atoms. The number of hydrogen-bond acceptors (Lipinski definition) is 6. The van der Waals surface area contributed by atoms with Crippen molar-refractivity contribution < 1.29 is 14.3 Å². The van der Waals surface area contributed by atoms with E-state index >= 15 is 0 Å². The third-order valence-corrected chi connectivity index (χ3v) is 6.34. The topological polar surface area (TPSA) is 71.6 Å². The van der Waals surface area contributed by atoms with Gasteiger partial charge in [0.2, 0.25) is 5.89 Å². The molecule has 1 fully saturated rings. The highest BCUT2D eigenvalue weighted by molar-refractivity contribution is 5.62. The lowest BCUT2D eigenvalue weighted by atomic mass is 9.88. The predicted octanol–water partition coefficient (Wildman–Crippen LogP) is 4.62. The lowest BCUT2D eigenvalue weighted by Gasteiger charge is -2.33. The Bertz CT molecular complexity index is 1020. The lowest BCUT2D eigenvalue weighted by Crippen LogP contribution is -2.35. The fourth-order valence-electron chi connectivity index (χ4n) is 4.39. The van der Waals surface area contributed by atoms with E-state index in [1.807, 2.05) is 32.0 Å². The van der Waals surface area contributed by atoms with Gasteiger partial charge in [0.1, 0.15) is 11.5 Å². The van der Waals surface area contributed by atoms with Crippen molar-refractivity contribution in [2.24, 2.45) is 5.92 Å². The number of pyridine rings is 1. The van der Waals surface area contributed by atoms with Crippen LogP contribution in [0.4, 0.5) is 0 Å². The summed E-state index contributed by atoms with van der Waals surface area (Å²) in [5.74, 6) is 2.67. The average Bonchev–Trinajstić information content (AvgIpc) is 3.15. The maximum absolute atomic E-state index is 10.7. The minimum absolute atomic E-state index is 0.263. The molecule has 1 N–H and O–H groups in total. The van der Waals surface area contributed by atoms with E-state index in [4.69, 9.17) is 14.1 Å². The Balaban J connectivity index is 1.41. The number of aryl methyl sites for hydroxylation is 3. The van der Waals surface area contributed by atoms with Crippen LogP contribution in [0.1, 0.15) is 47.1 Å². The molecule has 0 amide bonds. The fourth-order valence-corrected chi connectivity index (χ4v) is 4.39. The molecule has 1 saturated heterocycles. The molecule has 3 heterocycles. The molecular formula is C25H31N3O3. The summed E-state index contributed by atoms with van der Waals surface area (Å²) in [7, 11) is 1.69. The maximum Gasteiger partial charge on any atom is 0.226 e. The average molecular weight is 422 g/mol. The van der Waals surface area contributed by atoms with Gasteiger partial charge in [-0.3, -0.25) is 9.88 Å². The number of nitrogens with zero attached hydrogens (tertiary/aromatic N) is 3. The van der Waals surface area contributed by atoms with E-state index in [-0.39, 0.29) is 5.92 Å². The van der Waals surface area contributed by atoms with Gasteiger partial charge in [-0.25, -0.2) is 4.98 Å². The molecule has 2 aromatic heterocycles. The van der Waals surface area contributed by atoms with Crippen LogP contribution >= 0.6 is 0 Å². The van der Waals surface area contributed by atoms with Crippen LogP contribution in [0, 0.1) is 26.7 Å². The van der Waals surface area contributed by atoms with Crippen LogP contribution < -0.4 is 4.74 Å². The summed E-state index contributed by atoms with van der Waals surface area (Å²) < 4.78 is 11.5. The van der Waals surface area contributed by atoms with Crippen LogP contribution in [0.25, 0.3) is 11.5 Å². The van der Waals surface area contributed by atoms with Crippen molar-refractivity contribution >= 4 is 0 Å². The van der Waals surface area contributed by atoms with Gasteiger partial charge in [-0.1, -0.05) is 6.07 Å². The quantitative estimate of drug-likeness (QED) is 0.626. The monoisotopic (exact) mass is 421 g/mol. The molecular weight excluding hydrogens is 390 g/mol. The lowest BCUT2D eigenvalue weighted by molar-refractivity contribution is 0.0561. The zero-order valence-electron chi connectivity index (χ0n) is 18.8. The maximum atomic E-state index is 10.7. The van der Waals surface area contributed by atoms with Gasteiger partial charge in [0, 0.05) is 24.5 Å². The Kier molecular flexibility index (Phi) is 6.39. The number of benzene rings is 1. The van der Waals surface area contributed by atoms with Crippen molar-refractivity contribution in [1.29, 1.82) is 0 Å². The van der Waals surface area contributed by atoms with Crippen molar-refractivity contribution in [2.45, 2.75) is 46.3 Å². The summed E-state index contributed by atoms with van der Waals surface area (Å²) in [4.78, 5) is 11.4. The van der Waals surface area contributed by atoms with Crippen LogP contribution in [-0.4, -0.2) is 40.2 Å². The molecule has 1 aliphatic heterocycles.